The molecule has 0 unspecified atom stereocenters. The number of aromatic nitrogens is 2. The second-order valence-corrected chi connectivity index (χ2v) is 8.78. The lowest BCUT2D eigenvalue weighted by Gasteiger charge is -2.18. The molecular weight excluding hydrogens is 497 g/mol. The van der Waals surface area contributed by atoms with Gasteiger partial charge in [0.1, 0.15) is 0 Å². The highest BCUT2D eigenvalue weighted by atomic mass is 127. The summed E-state index contributed by atoms with van der Waals surface area (Å²) in [6.07, 6.45) is 2.47. The number of guanidine groups is 1. The zero-order valence-corrected chi connectivity index (χ0v) is 20.8. The molecule has 3 rings (SSSR count). The maximum absolute atomic E-state index is 5.17. The second kappa shape index (κ2) is 11.2. The highest BCUT2D eigenvalue weighted by molar-refractivity contribution is 14.0. The van der Waals surface area contributed by atoms with E-state index in [9.17, 15) is 0 Å². The minimum Gasteiger partial charge on any atom is -0.383 e. The van der Waals surface area contributed by atoms with E-state index in [1.807, 2.05) is 23.5 Å². The molecule has 0 bridgehead atoms. The molecule has 0 amide bonds. The van der Waals surface area contributed by atoms with Gasteiger partial charge in [-0.25, -0.2) is 0 Å². The number of ether oxygens (including phenoxy) is 1. The number of methoxy groups -OCH3 is 1. The number of aliphatic imine (C=N–C) groups is 1. The van der Waals surface area contributed by atoms with Crippen LogP contribution in [0.4, 0.5) is 0 Å². The standard InChI is InChI=1S/C21H31N5OS.HI/c1-16-19(17(2)26(25-16)12-13-27-4)14-23-20(22-3)24-15-21(10-11-21)28-18-8-6-5-7-9-18;/h5-9H,10-15H2,1-4H3,(H2,22,23,24);1H. The topological polar surface area (TPSA) is 63.5 Å². The van der Waals surface area contributed by atoms with E-state index in [1.165, 1.54) is 29.0 Å². The van der Waals surface area contributed by atoms with Gasteiger partial charge in [0.05, 0.1) is 18.8 Å². The van der Waals surface area contributed by atoms with Crippen LogP contribution >= 0.6 is 35.7 Å². The van der Waals surface area contributed by atoms with E-state index in [2.05, 4.69) is 64.9 Å². The van der Waals surface area contributed by atoms with E-state index in [0.29, 0.717) is 13.2 Å². The summed E-state index contributed by atoms with van der Waals surface area (Å²) >= 11 is 1.97. The number of nitrogens with zero attached hydrogens (tertiary/aromatic N) is 3. The molecule has 1 aromatic carbocycles. The minimum atomic E-state index is 0. The summed E-state index contributed by atoms with van der Waals surface area (Å²) in [5.41, 5.74) is 3.45. The Morgan fingerprint density at radius 3 is 2.59 bits per heavy atom. The van der Waals surface area contributed by atoms with Crippen LogP contribution < -0.4 is 10.6 Å². The fourth-order valence-corrected chi connectivity index (χ4v) is 4.46. The molecule has 0 saturated heterocycles. The molecule has 0 radical (unpaired) electrons. The first kappa shape index (κ1) is 24.0. The van der Waals surface area contributed by atoms with E-state index >= 15 is 0 Å². The Balaban J connectivity index is 0.00000300. The van der Waals surface area contributed by atoms with Gasteiger partial charge in [0.2, 0.25) is 0 Å². The SMILES string of the molecule is CN=C(NCc1c(C)nn(CCOC)c1C)NCC1(Sc2ccccc2)CC1.I. The predicted molar refractivity (Wildman–Crippen MR) is 131 cm³/mol. The van der Waals surface area contributed by atoms with Gasteiger partial charge in [0.15, 0.2) is 5.96 Å². The van der Waals surface area contributed by atoms with Crippen molar-refractivity contribution in [3.63, 3.8) is 0 Å². The van der Waals surface area contributed by atoms with E-state index < -0.39 is 0 Å². The normalized spacial score (nSPS) is 15.0. The molecule has 0 atom stereocenters. The Labute approximate surface area is 195 Å². The molecule has 0 aliphatic heterocycles. The first-order valence-corrected chi connectivity index (χ1v) is 10.6. The van der Waals surface area contributed by atoms with Crippen LogP contribution in [0, 0.1) is 13.8 Å². The van der Waals surface area contributed by atoms with Gasteiger partial charge >= 0.3 is 0 Å². The van der Waals surface area contributed by atoms with Gasteiger partial charge in [-0.3, -0.25) is 9.67 Å². The number of aryl methyl sites for hydroxylation is 1. The Morgan fingerprint density at radius 2 is 1.97 bits per heavy atom. The minimum absolute atomic E-state index is 0. The van der Waals surface area contributed by atoms with Crippen LogP contribution in [-0.2, 0) is 17.8 Å². The molecule has 2 aromatic rings. The van der Waals surface area contributed by atoms with Gasteiger partial charge in [0, 0.05) is 48.1 Å². The van der Waals surface area contributed by atoms with Crippen LogP contribution in [0.25, 0.3) is 0 Å². The van der Waals surface area contributed by atoms with Crippen molar-refractivity contribution < 1.29 is 4.74 Å². The second-order valence-electron chi connectivity index (χ2n) is 7.24. The summed E-state index contributed by atoms with van der Waals surface area (Å²) in [4.78, 5) is 5.73. The highest BCUT2D eigenvalue weighted by Crippen LogP contribution is 2.51. The Hall–Kier alpha value is -1.26. The summed E-state index contributed by atoms with van der Waals surface area (Å²) in [6.45, 7) is 7.23. The first-order valence-electron chi connectivity index (χ1n) is 9.77. The molecule has 1 aliphatic carbocycles. The molecule has 6 nitrogen and oxygen atoms in total. The number of hydrogen-bond acceptors (Lipinski definition) is 4. The summed E-state index contributed by atoms with van der Waals surface area (Å²) < 4.78 is 7.47. The van der Waals surface area contributed by atoms with Crippen LogP contribution in [-0.4, -0.2) is 47.8 Å². The van der Waals surface area contributed by atoms with Gasteiger partial charge in [0.25, 0.3) is 0 Å². The van der Waals surface area contributed by atoms with Crippen molar-refractivity contribution in [3.05, 3.63) is 47.3 Å². The van der Waals surface area contributed by atoms with Gasteiger partial charge < -0.3 is 15.4 Å². The van der Waals surface area contributed by atoms with Crippen molar-refractivity contribution in [2.45, 2.75) is 49.4 Å². The summed E-state index contributed by atoms with van der Waals surface area (Å²) in [6, 6.07) is 10.6. The molecule has 2 N–H and O–H groups in total. The zero-order chi connectivity index (χ0) is 20.0. The molecule has 29 heavy (non-hydrogen) atoms. The van der Waals surface area contributed by atoms with Crippen molar-refractivity contribution >= 4 is 41.7 Å². The van der Waals surface area contributed by atoms with Crippen LogP contribution in [0.3, 0.4) is 0 Å². The number of rotatable bonds is 9. The average Bonchev–Trinajstić information content (AvgIpc) is 3.41. The zero-order valence-electron chi connectivity index (χ0n) is 17.7. The van der Waals surface area contributed by atoms with E-state index in [1.54, 1.807) is 7.11 Å². The fourth-order valence-electron chi connectivity index (χ4n) is 3.22. The van der Waals surface area contributed by atoms with Crippen LogP contribution in [0.1, 0.15) is 29.8 Å². The van der Waals surface area contributed by atoms with Gasteiger partial charge in [-0.15, -0.1) is 35.7 Å². The van der Waals surface area contributed by atoms with E-state index in [4.69, 9.17) is 4.74 Å². The molecule has 1 aromatic heterocycles. The number of benzene rings is 1. The lowest BCUT2D eigenvalue weighted by atomic mass is 10.2. The van der Waals surface area contributed by atoms with Crippen molar-refractivity contribution in [3.8, 4) is 0 Å². The van der Waals surface area contributed by atoms with E-state index in [0.717, 1.165) is 24.7 Å². The maximum Gasteiger partial charge on any atom is 0.191 e. The fraction of sp³-hybridized carbons (Fsp3) is 0.524. The lowest BCUT2D eigenvalue weighted by Crippen LogP contribution is -2.40. The molecule has 1 saturated carbocycles. The molecule has 0 spiro atoms. The molecular formula is C21H32IN5OS. The monoisotopic (exact) mass is 529 g/mol. The van der Waals surface area contributed by atoms with Crippen LogP contribution in [0.2, 0.25) is 0 Å². The number of hydrogen-bond donors (Lipinski definition) is 2. The molecule has 8 heteroatoms. The highest BCUT2D eigenvalue weighted by Gasteiger charge is 2.43. The number of halogens is 1. The van der Waals surface area contributed by atoms with Crippen LogP contribution in [0.15, 0.2) is 40.2 Å². The smallest absolute Gasteiger partial charge is 0.191 e. The van der Waals surface area contributed by atoms with Gasteiger partial charge in [-0.05, 0) is 38.8 Å². The number of thioether (sulfide) groups is 1. The predicted octanol–water partition coefficient (Wildman–Crippen LogP) is 3.75. The quantitative estimate of drug-likeness (QED) is 0.295. The Morgan fingerprint density at radius 1 is 1.24 bits per heavy atom. The van der Waals surface area contributed by atoms with Crippen molar-refractivity contribution in [1.82, 2.24) is 20.4 Å². The van der Waals surface area contributed by atoms with E-state index in [-0.39, 0.29) is 28.7 Å². The average molecular weight is 529 g/mol. The maximum atomic E-state index is 5.17. The number of nitrogens with one attached hydrogen (secondary N) is 2. The van der Waals surface area contributed by atoms with Crippen LogP contribution in [0.5, 0.6) is 0 Å². The third-order valence-electron chi connectivity index (χ3n) is 5.16. The molecule has 1 fully saturated rings. The Kier molecular flexibility index (Phi) is 9.29. The largest absolute Gasteiger partial charge is 0.383 e. The lowest BCUT2D eigenvalue weighted by molar-refractivity contribution is 0.182. The third kappa shape index (κ3) is 6.62. The summed E-state index contributed by atoms with van der Waals surface area (Å²) in [7, 11) is 3.54. The summed E-state index contributed by atoms with van der Waals surface area (Å²) in [5.74, 6) is 0.836. The first-order chi connectivity index (χ1) is 13.6. The summed E-state index contributed by atoms with van der Waals surface area (Å²) in [5, 5.41) is 11.6. The van der Waals surface area contributed by atoms with Crippen molar-refractivity contribution in [1.29, 1.82) is 0 Å². The van der Waals surface area contributed by atoms with Crippen molar-refractivity contribution in [2.75, 3.05) is 27.3 Å². The van der Waals surface area contributed by atoms with Crippen molar-refractivity contribution in [2.24, 2.45) is 4.99 Å². The third-order valence-corrected chi connectivity index (χ3v) is 6.65. The van der Waals surface area contributed by atoms with Gasteiger partial charge in [-0.1, -0.05) is 18.2 Å². The Bertz CT molecular complexity index is 805. The van der Waals surface area contributed by atoms with Gasteiger partial charge in [-0.2, -0.15) is 5.10 Å². The molecule has 1 aliphatic rings. The molecule has 160 valence electrons. The molecule has 1 heterocycles.